The van der Waals surface area contributed by atoms with Crippen LogP contribution in [-0.4, -0.2) is 19.1 Å². The highest BCUT2D eigenvalue weighted by Gasteiger charge is 2.34. The van der Waals surface area contributed by atoms with E-state index in [1.54, 1.807) is 32.9 Å². The fraction of sp³-hybridized carbons (Fsp3) is 0.647. The Balaban J connectivity index is 2.77. The second-order valence-corrected chi connectivity index (χ2v) is 6.62. The van der Waals surface area contributed by atoms with E-state index < -0.39 is 24.5 Å². The van der Waals surface area contributed by atoms with E-state index in [9.17, 15) is 13.2 Å². The first-order valence-corrected chi connectivity index (χ1v) is 7.48. The zero-order valence-electron chi connectivity index (χ0n) is 13.8. The van der Waals surface area contributed by atoms with Gasteiger partial charge in [-0.3, -0.25) is 0 Å². The van der Waals surface area contributed by atoms with Gasteiger partial charge in [0.25, 0.3) is 0 Å². The largest absolute Gasteiger partial charge is 0.464 e. The van der Waals surface area contributed by atoms with Gasteiger partial charge < -0.3 is 9.47 Å². The van der Waals surface area contributed by atoms with Crippen molar-refractivity contribution in [2.75, 3.05) is 6.61 Å². The summed E-state index contributed by atoms with van der Waals surface area (Å²) in [5, 5.41) is 0. The Labute approximate surface area is 130 Å². The van der Waals surface area contributed by atoms with Crippen LogP contribution in [0.25, 0.3) is 0 Å². The Morgan fingerprint density at radius 1 is 1.05 bits per heavy atom. The minimum atomic E-state index is -4.37. The first-order valence-electron chi connectivity index (χ1n) is 7.48. The molecule has 0 N–H and O–H groups in total. The average molecular weight is 318 g/mol. The minimum absolute atomic E-state index is 0.439. The number of hydrogen-bond acceptors (Lipinski definition) is 2. The van der Waals surface area contributed by atoms with Crippen LogP contribution in [0, 0.1) is 5.41 Å². The third-order valence-electron chi connectivity index (χ3n) is 3.41. The van der Waals surface area contributed by atoms with Gasteiger partial charge in [0.2, 0.25) is 6.29 Å². The molecule has 1 rings (SSSR count). The van der Waals surface area contributed by atoms with Gasteiger partial charge in [0.05, 0.1) is 0 Å². The number of benzene rings is 1. The predicted octanol–water partition coefficient (Wildman–Crippen LogP) is 5.53. The van der Waals surface area contributed by atoms with Crippen LogP contribution in [0.4, 0.5) is 13.2 Å². The Morgan fingerprint density at radius 3 is 2.00 bits per heavy atom. The molecule has 0 aliphatic heterocycles. The molecule has 0 saturated carbocycles. The second-order valence-electron chi connectivity index (χ2n) is 6.62. The molecule has 2 nitrogen and oxygen atoms in total. The molecule has 0 bridgehead atoms. The number of ether oxygens (including phenoxy) is 2. The Hall–Kier alpha value is -1.23. The van der Waals surface area contributed by atoms with Crippen molar-refractivity contribution in [3.63, 3.8) is 0 Å². The molecule has 5 heteroatoms. The van der Waals surface area contributed by atoms with Crippen molar-refractivity contribution in [2.45, 2.75) is 59.4 Å². The van der Waals surface area contributed by atoms with Crippen LogP contribution < -0.4 is 4.74 Å². The number of alkyl halides is 3. The maximum Gasteiger partial charge on any atom is 0.411 e. The van der Waals surface area contributed by atoms with Crippen molar-refractivity contribution in [3.05, 3.63) is 29.8 Å². The lowest BCUT2D eigenvalue weighted by molar-refractivity contribution is -0.230. The fourth-order valence-corrected chi connectivity index (χ4v) is 1.87. The van der Waals surface area contributed by atoms with Gasteiger partial charge in [-0.05, 0) is 30.0 Å². The zero-order chi connectivity index (χ0) is 17.0. The molecule has 2 atom stereocenters. The van der Waals surface area contributed by atoms with E-state index in [-0.39, 0.29) is 0 Å². The van der Waals surface area contributed by atoms with E-state index in [1.807, 2.05) is 12.1 Å². The lowest BCUT2D eigenvalue weighted by Gasteiger charge is -2.31. The first-order chi connectivity index (χ1) is 10.0. The van der Waals surface area contributed by atoms with Crippen molar-refractivity contribution in [1.29, 1.82) is 0 Å². The van der Waals surface area contributed by atoms with E-state index in [2.05, 4.69) is 13.8 Å². The van der Waals surface area contributed by atoms with Crippen LogP contribution in [-0.2, 0) is 4.74 Å². The summed E-state index contributed by atoms with van der Waals surface area (Å²) in [6.45, 7) is 8.25. The number of hydrogen-bond donors (Lipinski definition) is 0. The highest BCUT2D eigenvalue weighted by atomic mass is 19.4. The molecule has 0 amide bonds. The van der Waals surface area contributed by atoms with E-state index in [1.165, 1.54) is 5.56 Å². The number of rotatable bonds is 6. The van der Waals surface area contributed by atoms with Crippen LogP contribution >= 0.6 is 0 Å². The molecule has 22 heavy (non-hydrogen) atoms. The lowest BCUT2D eigenvalue weighted by Crippen LogP contribution is -2.37. The first kappa shape index (κ1) is 18.8. The topological polar surface area (TPSA) is 18.5 Å². The molecule has 0 spiro atoms. The molecule has 2 unspecified atom stereocenters. The number of halogens is 3. The van der Waals surface area contributed by atoms with Gasteiger partial charge in [0.15, 0.2) is 0 Å². The van der Waals surface area contributed by atoms with E-state index in [0.717, 1.165) is 6.42 Å². The maximum absolute atomic E-state index is 12.3. The van der Waals surface area contributed by atoms with Gasteiger partial charge in [-0.2, -0.15) is 13.2 Å². The Kier molecular flexibility index (Phi) is 6.29. The molecule has 0 radical (unpaired) electrons. The Morgan fingerprint density at radius 2 is 1.59 bits per heavy atom. The molecule has 0 saturated heterocycles. The second kappa shape index (κ2) is 7.36. The van der Waals surface area contributed by atoms with Gasteiger partial charge in [0.1, 0.15) is 12.4 Å². The van der Waals surface area contributed by atoms with Crippen molar-refractivity contribution in [2.24, 2.45) is 5.41 Å². The van der Waals surface area contributed by atoms with Crippen LogP contribution in [0.5, 0.6) is 5.75 Å². The highest BCUT2D eigenvalue weighted by Crippen LogP contribution is 2.29. The molecule has 0 aliphatic rings. The lowest BCUT2D eigenvalue weighted by atomic mass is 9.95. The van der Waals surface area contributed by atoms with Crippen molar-refractivity contribution in [3.8, 4) is 5.75 Å². The SMILES string of the molecule is CCC(C)c1ccc(OC(OCC(F)(F)F)C(C)(C)C)cc1. The van der Waals surface area contributed by atoms with Crippen molar-refractivity contribution >= 4 is 0 Å². The quantitative estimate of drug-likeness (QED) is 0.642. The van der Waals surface area contributed by atoms with Crippen molar-refractivity contribution < 1.29 is 22.6 Å². The molecule has 1 aromatic carbocycles. The molecule has 0 heterocycles. The smallest absolute Gasteiger partial charge is 0.411 e. The monoisotopic (exact) mass is 318 g/mol. The molecular formula is C17H25F3O2. The van der Waals surface area contributed by atoms with Gasteiger partial charge in [-0.25, -0.2) is 0 Å². The predicted molar refractivity (Wildman–Crippen MR) is 81.0 cm³/mol. The van der Waals surface area contributed by atoms with Crippen LogP contribution in [0.1, 0.15) is 52.5 Å². The highest BCUT2D eigenvalue weighted by molar-refractivity contribution is 5.29. The summed E-state index contributed by atoms with van der Waals surface area (Å²) in [5.74, 6) is 0.947. The average Bonchev–Trinajstić information content (AvgIpc) is 2.41. The van der Waals surface area contributed by atoms with E-state index in [4.69, 9.17) is 9.47 Å². The fourth-order valence-electron chi connectivity index (χ4n) is 1.87. The van der Waals surface area contributed by atoms with E-state index in [0.29, 0.717) is 11.7 Å². The summed E-state index contributed by atoms with van der Waals surface area (Å²) in [6.07, 6.45) is -4.31. The molecule has 0 aromatic heterocycles. The van der Waals surface area contributed by atoms with Gasteiger partial charge in [-0.15, -0.1) is 0 Å². The normalized spacial score (nSPS) is 15.5. The molecule has 1 aromatic rings. The summed E-state index contributed by atoms with van der Waals surface area (Å²) in [4.78, 5) is 0. The Bertz CT molecular complexity index is 446. The molecule has 0 aliphatic carbocycles. The third-order valence-corrected chi connectivity index (χ3v) is 3.41. The van der Waals surface area contributed by atoms with Crippen LogP contribution in [0.2, 0.25) is 0 Å². The summed E-state index contributed by atoms with van der Waals surface area (Å²) in [6, 6.07) is 7.42. The van der Waals surface area contributed by atoms with Crippen molar-refractivity contribution in [1.82, 2.24) is 0 Å². The molecule has 126 valence electrons. The van der Waals surface area contributed by atoms with Crippen LogP contribution in [0.15, 0.2) is 24.3 Å². The summed E-state index contributed by atoms with van der Waals surface area (Å²) in [5.41, 5.74) is 0.610. The summed E-state index contributed by atoms with van der Waals surface area (Å²) < 4.78 is 47.6. The maximum atomic E-state index is 12.3. The zero-order valence-corrected chi connectivity index (χ0v) is 13.8. The van der Waals surface area contributed by atoms with Gasteiger partial charge in [0, 0.05) is 5.41 Å². The van der Waals surface area contributed by atoms with Gasteiger partial charge >= 0.3 is 6.18 Å². The van der Waals surface area contributed by atoms with E-state index >= 15 is 0 Å². The van der Waals surface area contributed by atoms with Crippen LogP contribution in [0.3, 0.4) is 0 Å². The molecule has 0 fully saturated rings. The summed E-state index contributed by atoms with van der Waals surface area (Å²) in [7, 11) is 0. The molecular weight excluding hydrogens is 293 g/mol. The summed E-state index contributed by atoms with van der Waals surface area (Å²) >= 11 is 0. The van der Waals surface area contributed by atoms with Gasteiger partial charge in [-0.1, -0.05) is 46.8 Å². The third kappa shape index (κ3) is 6.26. The minimum Gasteiger partial charge on any atom is -0.464 e. The standard InChI is InChI=1S/C17H25F3O2/c1-6-12(2)13-7-9-14(10-8-13)22-15(16(3,4)5)21-11-17(18,19)20/h7-10,12,15H,6,11H2,1-5H3.